The van der Waals surface area contributed by atoms with Gasteiger partial charge in [-0.1, -0.05) is 31.0 Å². The zero-order valence-corrected chi connectivity index (χ0v) is 17.6. The number of para-hydroxylation sites is 1. The molecule has 1 aliphatic carbocycles. The van der Waals surface area contributed by atoms with Gasteiger partial charge < -0.3 is 19.5 Å². The van der Waals surface area contributed by atoms with Crippen molar-refractivity contribution < 1.29 is 23.8 Å². The molecule has 0 saturated heterocycles. The largest absolute Gasteiger partial charge is 0.486 e. The van der Waals surface area contributed by atoms with Gasteiger partial charge in [0.25, 0.3) is 0 Å². The molecule has 2 rings (SSSR count). The number of esters is 1. The van der Waals surface area contributed by atoms with Gasteiger partial charge in [-0.2, -0.15) is 0 Å². The van der Waals surface area contributed by atoms with Gasteiger partial charge in [-0.15, -0.1) is 0 Å². The summed E-state index contributed by atoms with van der Waals surface area (Å²) in [6, 6.07) is 8.78. The van der Waals surface area contributed by atoms with E-state index in [1.54, 1.807) is 27.7 Å². The Morgan fingerprint density at radius 3 is 2.25 bits per heavy atom. The van der Waals surface area contributed by atoms with Crippen LogP contribution >= 0.6 is 0 Å². The van der Waals surface area contributed by atoms with Crippen LogP contribution in [0.4, 0.5) is 4.79 Å². The van der Waals surface area contributed by atoms with E-state index in [-0.39, 0.29) is 6.10 Å². The lowest BCUT2D eigenvalue weighted by Crippen LogP contribution is -2.46. The smallest absolute Gasteiger partial charge is 0.408 e. The van der Waals surface area contributed by atoms with Crippen LogP contribution in [0.3, 0.4) is 0 Å². The predicted molar refractivity (Wildman–Crippen MR) is 107 cm³/mol. The molecule has 6 nitrogen and oxygen atoms in total. The molecular formula is C22H33NO5. The average molecular weight is 392 g/mol. The lowest BCUT2D eigenvalue weighted by Gasteiger charge is -2.30. The summed E-state index contributed by atoms with van der Waals surface area (Å²) < 4.78 is 17.0. The molecule has 1 aliphatic rings. The maximum Gasteiger partial charge on any atom is 0.408 e. The van der Waals surface area contributed by atoms with Gasteiger partial charge in [0.1, 0.15) is 29.6 Å². The molecule has 0 unspecified atom stereocenters. The van der Waals surface area contributed by atoms with Crippen molar-refractivity contribution in [3.05, 3.63) is 30.3 Å². The van der Waals surface area contributed by atoms with Crippen molar-refractivity contribution in [3.63, 3.8) is 0 Å². The number of alkyl carbamates (subject to hydrolysis) is 1. The molecule has 0 aliphatic heterocycles. The van der Waals surface area contributed by atoms with Crippen LogP contribution in [0, 0.1) is 5.92 Å². The van der Waals surface area contributed by atoms with Crippen molar-refractivity contribution in [2.45, 2.75) is 84.2 Å². The Kier molecular flexibility index (Phi) is 7.72. The van der Waals surface area contributed by atoms with Gasteiger partial charge in [-0.05, 0) is 65.5 Å². The number of carbonyl (C=O) groups excluding carboxylic acids is 2. The number of nitrogens with one attached hydrogen (secondary N) is 1. The van der Waals surface area contributed by atoms with Crippen LogP contribution < -0.4 is 10.1 Å². The molecule has 1 N–H and O–H groups in total. The number of hydrogen-bond acceptors (Lipinski definition) is 5. The maximum absolute atomic E-state index is 12.5. The highest BCUT2D eigenvalue weighted by atomic mass is 16.6. The number of amides is 1. The summed E-state index contributed by atoms with van der Waals surface area (Å²) in [4.78, 5) is 24.4. The fourth-order valence-corrected chi connectivity index (χ4v) is 3.41. The summed E-state index contributed by atoms with van der Waals surface area (Å²) >= 11 is 0. The van der Waals surface area contributed by atoms with Crippen LogP contribution in [0.15, 0.2) is 30.3 Å². The zero-order valence-electron chi connectivity index (χ0n) is 17.6. The van der Waals surface area contributed by atoms with E-state index >= 15 is 0 Å². The third kappa shape index (κ3) is 7.06. The number of ether oxygens (including phenoxy) is 3. The van der Waals surface area contributed by atoms with Gasteiger partial charge in [0.15, 0.2) is 0 Å². The second kappa shape index (κ2) is 9.80. The third-order valence-electron chi connectivity index (χ3n) is 4.73. The van der Waals surface area contributed by atoms with Gasteiger partial charge >= 0.3 is 12.1 Å². The lowest BCUT2D eigenvalue weighted by atomic mass is 9.96. The van der Waals surface area contributed by atoms with Crippen molar-refractivity contribution in [1.29, 1.82) is 0 Å². The van der Waals surface area contributed by atoms with Crippen LogP contribution in [-0.4, -0.2) is 35.9 Å². The van der Waals surface area contributed by atoms with E-state index in [1.807, 2.05) is 37.3 Å². The van der Waals surface area contributed by atoms with Crippen molar-refractivity contribution in [2.24, 2.45) is 5.92 Å². The lowest BCUT2D eigenvalue weighted by molar-refractivity contribution is -0.156. The number of benzene rings is 1. The van der Waals surface area contributed by atoms with Crippen molar-refractivity contribution in [1.82, 2.24) is 5.32 Å². The van der Waals surface area contributed by atoms with E-state index in [9.17, 15) is 9.59 Å². The van der Waals surface area contributed by atoms with Crippen LogP contribution in [0.25, 0.3) is 0 Å². The predicted octanol–water partition coefficient (Wildman–Crippen LogP) is 4.47. The molecule has 0 spiro atoms. The quantitative estimate of drug-likeness (QED) is 0.694. The van der Waals surface area contributed by atoms with Crippen molar-refractivity contribution >= 4 is 12.1 Å². The summed E-state index contributed by atoms with van der Waals surface area (Å²) in [5.41, 5.74) is -0.627. The second-order valence-corrected chi connectivity index (χ2v) is 8.45. The molecule has 1 aromatic rings. The Balaban J connectivity index is 1.96. The molecule has 3 atom stereocenters. The van der Waals surface area contributed by atoms with Gasteiger partial charge in [-0.3, -0.25) is 0 Å². The van der Waals surface area contributed by atoms with E-state index in [1.165, 1.54) is 0 Å². The molecular weight excluding hydrogens is 358 g/mol. The normalized spacial score (nSPS) is 18.0. The van der Waals surface area contributed by atoms with Gasteiger partial charge in [-0.25, -0.2) is 9.59 Å². The Morgan fingerprint density at radius 1 is 1.07 bits per heavy atom. The Bertz CT molecular complexity index is 634. The maximum atomic E-state index is 12.5. The molecule has 1 saturated carbocycles. The highest BCUT2D eigenvalue weighted by Gasteiger charge is 2.34. The minimum absolute atomic E-state index is 0.220. The second-order valence-electron chi connectivity index (χ2n) is 8.45. The van der Waals surface area contributed by atoms with Crippen LogP contribution in [0.2, 0.25) is 0 Å². The summed E-state index contributed by atoms with van der Waals surface area (Å²) in [5.74, 6) is 0.609. The highest BCUT2D eigenvalue weighted by Crippen LogP contribution is 2.32. The fourth-order valence-electron chi connectivity index (χ4n) is 3.41. The molecule has 28 heavy (non-hydrogen) atoms. The van der Waals surface area contributed by atoms with E-state index in [2.05, 4.69) is 5.32 Å². The Labute approximate surface area is 167 Å². The van der Waals surface area contributed by atoms with Crippen LogP contribution in [-0.2, 0) is 14.3 Å². The average Bonchev–Trinajstić information content (AvgIpc) is 3.12. The monoisotopic (exact) mass is 391 g/mol. The molecule has 0 radical (unpaired) electrons. The SMILES string of the molecule is C[C@H](NC(=O)OC(C)(C)C)C(=O)O[C@@H](C)[C@H](Oc1ccccc1)C1CCCC1. The summed E-state index contributed by atoms with van der Waals surface area (Å²) in [5, 5.41) is 2.52. The summed E-state index contributed by atoms with van der Waals surface area (Å²) in [6.45, 7) is 8.74. The molecule has 1 aromatic carbocycles. The zero-order chi connectivity index (χ0) is 20.7. The van der Waals surface area contributed by atoms with Crippen molar-refractivity contribution in [3.8, 4) is 5.75 Å². The molecule has 0 bridgehead atoms. The first-order valence-corrected chi connectivity index (χ1v) is 10.1. The van der Waals surface area contributed by atoms with Gasteiger partial charge in [0.05, 0.1) is 0 Å². The number of rotatable bonds is 7. The number of hydrogen-bond donors (Lipinski definition) is 1. The van der Waals surface area contributed by atoms with Gasteiger partial charge in [0, 0.05) is 0 Å². The first-order valence-electron chi connectivity index (χ1n) is 10.1. The third-order valence-corrected chi connectivity index (χ3v) is 4.73. The fraction of sp³-hybridized carbons (Fsp3) is 0.636. The molecule has 1 amide bonds. The highest BCUT2D eigenvalue weighted by molar-refractivity contribution is 5.81. The van der Waals surface area contributed by atoms with Crippen LogP contribution in [0.5, 0.6) is 5.75 Å². The minimum Gasteiger partial charge on any atom is -0.486 e. The van der Waals surface area contributed by atoms with E-state index in [4.69, 9.17) is 14.2 Å². The van der Waals surface area contributed by atoms with Gasteiger partial charge in [0.2, 0.25) is 0 Å². The van der Waals surface area contributed by atoms with Crippen LogP contribution in [0.1, 0.15) is 60.3 Å². The van der Waals surface area contributed by atoms with E-state index < -0.39 is 29.8 Å². The molecule has 0 heterocycles. The van der Waals surface area contributed by atoms with E-state index in [0.717, 1.165) is 31.4 Å². The summed E-state index contributed by atoms with van der Waals surface area (Å²) in [6.07, 6.45) is 3.15. The molecule has 1 fully saturated rings. The minimum atomic E-state index is -0.807. The topological polar surface area (TPSA) is 73.9 Å². The first-order chi connectivity index (χ1) is 13.2. The molecule has 156 valence electrons. The molecule has 6 heteroatoms. The Hall–Kier alpha value is -2.24. The first kappa shape index (κ1) is 22.1. The summed E-state index contributed by atoms with van der Waals surface area (Å²) in [7, 11) is 0. The van der Waals surface area contributed by atoms with Crippen molar-refractivity contribution in [2.75, 3.05) is 0 Å². The Morgan fingerprint density at radius 2 is 1.68 bits per heavy atom. The van der Waals surface area contributed by atoms with E-state index in [0.29, 0.717) is 5.92 Å². The standard InChI is InChI=1S/C22H33NO5/c1-15(23-21(25)28-22(3,4)5)20(24)26-16(2)19(17-11-9-10-12-17)27-18-13-7-6-8-14-18/h6-8,13-17,19H,9-12H2,1-5H3,(H,23,25)/t15-,16-,19-/m0/s1. The molecule has 0 aromatic heterocycles. The number of carbonyl (C=O) groups is 2.